The fourth-order valence-corrected chi connectivity index (χ4v) is 2.63. The van der Waals surface area contributed by atoms with Crippen LogP contribution in [0.15, 0.2) is 18.2 Å². The van der Waals surface area contributed by atoms with E-state index in [1.165, 1.54) is 5.56 Å². The molecule has 0 unspecified atom stereocenters. The average molecular weight is 205 g/mol. The number of hydrogen-bond donors (Lipinski definition) is 1. The van der Waals surface area contributed by atoms with Crippen molar-refractivity contribution in [3.05, 3.63) is 23.8 Å². The van der Waals surface area contributed by atoms with Crippen molar-refractivity contribution < 1.29 is 9.47 Å². The Hall–Kier alpha value is -1.22. The molecule has 1 heterocycles. The molecule has 3 nitrogen and oxygen atoms in total. The fraction of sp³-hybridized carbons (Fsp3) is 0.500. The van der Waals surface area contributed by atoms with Crippen LogP contribution in [0.25, 0.3) is 0 Å². The highest BCUT2D eigenvalue weighted by Crippen LogP contribution is 2.45. The lowest BCUT2D eigenvalue weighted by atomic mass is 9.66. The zero-order chi connectivity index (χ0) is 10.5. The van der Waals surface area contributed by atoms with E-state index in [9.17, 15) is 0 Å². The molecule has 1 aliphatic heterocycles. The molecule has 1 saturated carbocycles. The highest BCUT2D eigenvalue weighted by molar-refractivity contribution is 5.46. The minimum absolute atomic E-state index is 0.138. The Bertz CT molecular complexity index is 397. The Morgan fingerprint density at radius 2 is 2.00 bits per heavy atom. The molecule has 0 aromatic heterocycles. The lowest BCUT2D eigenvalue weighted by molar-refractivity contribution is 0.162. The summed E-state index contributed by atoms with van der Waals surface area (Å²) < 4.78 is 10.6. The maximum Gasteiger partial charge on any atom is 0.231 e. The van der Waals surface area contributed by atoms with Crippen LogP contribution >= 0.6 is 0 Å². The second-order valence-corrected chi connectivity index (χ2v) is 4.74. The summed E-state index contributed by atoms with van der Waals surface area (Å²) >= 11 is 0. The van der Waals surface area contributed by atoms with E-state index in [4.69, 9.17) is 15.2 Å². The maximum atomic E-state index is 6.31. The molecule has 0 bridgehead atoms. The van der Waals surface area contributed by atoms with Crippen LogP contribution < -0.4 is 15.2 Å². The predicted molar refractivity (Wildman–Crippen MR) is 56.8 cm³/mol. The van der Waals surface area contributed by atoms with Crippen LogP contribution in [0.4, 0.5) is 0 Å². The minimum atomic E-state index is -0.138. The van der Waals surface area contributed by atoms with Gasteiger partial charge in [0.15, 0.2) is 11.5 Å². The summed E-state index contributed by atoms with van der Waals surface area (Å²) in [5.41, 5.74) is 7.34. The molecule has 2 N–H and O–H groups in total. The molecule has 80 valence electrons. The zero-order valence-corrected chi connectivity index (χ0v) is 8.82. The number of ether oxygens (including phenoxy) is 2. The first-order chi connectivity index (χ1) is 7.17. The van der Waals surface area contributed by atoms with Crippen molar-refractivity contribution >= 4 is 0 Å². The second-order valence-electron chi connectivity index (χ2n) is 4.74. The van der Waals surface area contributed by atoms with Crippen molar-refractivity contribution in [1.29, 1.82) is 0 Å². The second kappa shape index (κ2) is 2.89. The molecule has 3 heteroatoms. The van der Waals surface area contributed by atoms with Gasteiger partial charge in [-0.1, -0.05) is 13.0 Å². The van der Waals surface area contributed by atoms with Crippen LogP contribution in [0.3, 0.4) is 0 Å². The van der Waals surface area contributed by atoms with Crippen LogP contribution in [0.1, 0.15) is 25.3 Å². The number of rotatable bonds is 1. The van der Waals surface area contributed by atoms with Crippen LogP contribution in [0.5, 0.6) is 11.5 Å². The van der Waals surface area contributed by atoms with E-state index in [-0.39, 0.29) is 5.54 Å². The molecule has 0 atom stereocenters. The normalized spacial score (nSPS) is 32.5. The van der Waals surface area contributed by atoms with E-state index in [2.05, 4.69) is 13.0 Å². The molecular weight excluding hydrogens is 190 g/mol. The molecule has 3 rings (SSSR count). The summed E-state index contributed by atoms with van der Waals surface area (Å²) in [6, 6.07) is 6.03. The van der Waals surface area contributed by atoms with Crippen molar-refractivity contribution in [3.8, 4) is 11.5 Å². The first-order valence-electron chi connectivity index (χ1n) is 5.36. The molecule has 0 radical (unpaired) electrons. The van der Waals surface area contributed by atoms with Gasteiger partial charge in [0.05, 0.1) is 0 Å². The fourth-order valence-electron chi connectivity index (χ4n) is 2.63. The van der Waals surface area contributed by atoms with Gasteiger partial charge in [0.1, 0.15) is 0 Å². The third kappa shape index (κ3) is 1.30. The number of fused-ring (bicyclic) bond motifs is 1. The van der Waals surface area contributed by atoms with Gasteiger partial charge in [0.25, 0.3) is 0 Å². The smallest absolute Gasteiger partial charge is 0.231 e. The Morgan fingerprint density at radius 1 is 1.27 bits per heavy atom. The molecule has 1 fully saturated rings. The van der Waals surface area contributed by atoms with Gasteiger partial charge in [0.2, 0.25) is 6.79 Å². The minimum Gasteiger partial charge on any atom is -0.454 e. The predicted octanol–water partition coefficient (Wildman–Crippen LogP) is 2.00. The van der Waals surface area contributed by atoms with Crippen molar-refractivity contribution in [1.82, 2.24) is 0 Å². The van der Waals surface area contributed by atoms with Crippen molar-refractivity contribution in [2.75, 3.05) is 6.79 Å². The van der Waals surface area contributed by atoms with Gasteiger partial charge in [-0.05, 0) is 36.5 Å². The topological polar surface area (TPSA) is 44.5 Å². The van der Waals surface area contributed by atoms with Gasteiger partial charge in [0, 0.05) is 5.54 Å². The molecule has 0 amide bonds. The third-order valence-corrected chi connectivity index (χ3v) is 3.37. The van der Waals surface area contributed by atoms with E-state index in [1.807, 2.05) is 12.1 Å². The van der Waals surface area contributed by atoms with Crippen LogP contribution in [0, 0.1) is 5.92 Å². The zero-order valence-electron chi connectivity index (χ0n) is 8.82. The standard InChI is InChI=1S/C12H15NO2/c1-8-5-12(13,6-8)9-2-3-10-11(4-9)15-7-14-10/h2-4,8H,5-7,13H2,1H3. The van der Waals surface area contributed by atoms with Crippen molar-refractivity contribution in [2.45, 2.75) is 25.3 Å². The lowest BCUT2D eigenvalue weighted by Crippen LogP contribution is -2.47. The van der Waals surface area contributed by atoms with E-state index in [0.29, 0.717) is 6.79 Å². The summed E-state index contributed by atoms with van der Waals surface area (Å²) in [4.78, 5) is 0. The van der Waals surface area contributed by atoms with Crippen molar-refractivity contribution in [2.24, 2.45) is 11.7 Å². The monoisotopic (exact) mass is 205 g/mol. The van der Waals surface area contributed by atoms with E-state index >= 15 is 0 Å². The number of benzene rings is 1. The lowest BCUT2D eigenvalue weighted by Gasteiger charge is -2.44. The summed E-state index contributed by atoms with van der Waals surface area (Å²) in [5, 5.41) is 0. The van der Waals surface area contributed by atoms with Gasteiger partial charge in [-0.3, -0.25) is 0 Å². The number of hydrogen-bond acceptors (Lipinski definition) is 3. The van der Waals surface area contributed by atoms with E-state index < -0.39 is 0 Å². The van der Waals surface area contributed by atoms with E-state index in [0.717, 1.165) is 30.3 Å². The van der Waals surface area contributed by atoms with Gasteiger partial charge in [-0.25, -0.2) is 0 Å². The highest BCUT2D eigenvalue weighted by Gasteiger charge is 2.40. The van der Waals surface area contributed by atoms with Crippen LogP contribution in [-0.2, 0) is 5.54 Å². The molecular formula is C12H15NO2. The average Bonchev–Trinajstić information content (AvgIpc) is 2.61. The number of nitrogens with two attached hydrogens (primary N) is 1. The molecule has 1 aromatic rings. The molecule has 0 spiro atoms. The molecule has 2 aliphatic rings. The molecule has 15 heavy (non-hydrogen) atoms. The summed E-state index contributed by atoms with van der Waals surface area (Å²) in [6.07, 6.45) is 2.12. The SMILES string of the molecule is CC1CC(N)(c2ccc3c(c2)OCO3)C1. The van der Waals surface area contributed by atoms with Gasteiger partial charge < -0.3 is 15.2 Å². The third-order valence-electron chi connectivity index (χ3n) is 3.37. The van der Waals surface area contributed by atoms with Crippen molar-refractivity contribution in [3.63, 3.8) is 0 Å². The first kappa shape index (κ1) is 9.04. The van der Waals surface area contributed by atoms with Gasteiger partial charge in [-0.2, -0.15) is 0 Å². The van der Waals surface area contributed by atoms with Gasteiger partial charge in [-0.15, -0.1) is 0 Å². The van der Waals surface area contributed by atoms with E-state index in [1.54, 1.807) is 0 Å². The molecule has 1 aromatic carbocycles. The van der Waals surface area contributed by atoms with Crippen LogP contribution in [-0.4, -0.2) is 6.79 Å². The van der Waals surface area contributed by atoms with Gasteiger partial charge >= 0.3 is 0 Å². The summed E-state index contributed by atoms with van der Waals surface area (Å²) in [6.45, 7) is 2.56. The first-order valence-corrected chi connectivity index (χ1v) is 5.36. The molecule has 1 aliphatic carbocycles. The Balaban J connectivity index is 1.93. The largest absolute Gasteiger partial charge is 0.454 e. The Kier molecular flexibility index (Phi) is 1.74. The Labute approximate surface area is 89.2 Å². The van der Waals surface area contributed by atoms with Crippen LogP contribution in [0.2, 0.25) is 0 Å². The summed E-state index contributed by atoms with van der Waals surface area (Å²) in [5.74, 6) is 2.40. The maximum absolute atomic E-state index is 6.31. The Morgan fingerprint density at radius 3 is 2.73 bits per heavy atom. The quantitative estimate of drug-likeness (QED) is 0.762. The summed E-state index contributed by atoms with van der Waals surface area (Å²) in [7, 11) is 0. The highest BCUT2D eigenvalue weighted by atomic mass is 16.7. The molecule has 0 saturated heterocycles.